The third-order valence-electron chi connectivity index (χ3n) is 4.34. The predicted molar refractivity (Wildman–Crippen MR) is 86.8 cm³/mol. The number of nitrogens with one attached hydrogen (secondary N) is 1. The van der Waals surface area contributed by atoms with Crippen LogP contribution in [0.1, 0.15) is 30.4 Å². The first kappa shape index (κ1) is 14.2. The zero-order chi connectivity index (χ0) is 14.9. The number of amides is 1. The van der Waals surface area contributed by atoms with E-state index in [1.54, 1.807) is 0 Å². The molecule has 0 bridgehead atoms. The molecule has 21 heavy (non-hydrogen) atoms. The predicted octanol–water partition coefficient (Wildman–Crippen LogP) is 4.71. The van der Waals surface area contributed by atoms with Gasteiger partial charge in [-0.3, -0.25) is 4.79 Å². The van der Waals surface area contributed by atoms with Crippen LogP contribution in [0.2, 0.25) is 5.02 Å². The second-order valence-corrected chi connectivity index (χ2v) is 6.15. The van der Waals surface area contributed by atoms with E-state index in [2.05, 4.69) is 5.32 Å². The zero-order valence-corrected chi connectivity index (χ0v) is 12.8. The van der Waals surface area contributed by atoms with Crippen LogP contribution in [-0.4, -0.2) is 5.91 Å². The van der Waals surface area contributed by atoms with Crippen molar-refractivity contribution in [3.63, 3.8) is 0 Å². The molecule has 2 aromatic rings. The Hall–Kier alpha value is -1.80. The molecule has 1 fully saturated rings. The van der Waals surface area contributed by atoms with Crippen molar-refractivity contribution in [2.45, 2.75) is 31.6 Å². The molecule has 1 aliphatic rings. The van der Waals surface area contributed by atoms with Crippen molar-refractivity contribution >= 4 is 23.2 Å². The Kier molecular flexibility index (Phi) is 3.73. The SMILES string of the molecule is Cc1ccc(NC(=O)C2(c3ccccc3)CCC2)c(Cl)c1. The number of carbonyl (C=O) groups is 1. The fourth-order valence-corrected chi connectivity index (χ4v) is 3.18. The van der Waals surface area contributed by atoms with Gasteiger partial charge in [0.2, 0.25) is 5.91 Å². The molecule has 0 spiro atoms. The number of benzene rings is 2. The zero-order valence-electron chi connectivity index (χ0n) is 12.0. The van der Waals surface area contributed by atoms with Gasteiger partial charge in [0.1, 0.15) is 0 Å². The summed E-state index contributed by atoms with van der Waals surface area (Å²) >= 11 is 6.22. The van der Waals surface area contributed by atoms with Gasteiger partial charge in [-0.25, -0.2) is 0 Å². The molecular formula is C18H18ClNO. The quantitative estimate of drug-likeness (QED) is 0.874. The van der Waals surface area contributed by atoms with Crippen molar-refractivity contribution in [1.82, 2.24) is 0 Å². The standard InChI is InChI=1S/C18H18ClNO/c1-13-8-9-16(15(19)12-13)20-17(21)18(10-5-11-18)14-6-3-2-4-7-14/h2-4,6-9,12H,5,10-11H2,1H3,(H,20,21). The summed E-state index contributed by atoms with van der Waals surface area (Å²) in [4.78, 5) is 12.8. The van der Waals surface area contributed by atoms with Crippen LogP contribution in [0.15, 0.2) is 48.5 Å². The largest absolute Gasteiger partial charge is 0.324 e. The molecule has 0 saturated heterocycles. The van der Waals surface area contributed by atoms with Gasteiger partial charge in [-0.2, -0.15) is 0 Å². The van der Waals surface area contributed by atoms with E-state index < -0.39 is 5.41 Å². The minimum Gasteiger partial charge on any atom is -0.324 e. The lowest BCUT2D eigenvalue weighted by atomic mass is 9.64. The van der Waals surface area contributed by atoms with Crippen LogP contribution in [0.4, 0.5) is 5.69 Å². The fourth-order valence-electron chi connectivity index (χ4n) is 2.90. The van der Waals surface area contributed by atoms with Crippen LogP contribution in [0, 0.1) is 6.92 Å². The average molecular weight is 300 g/mol. The summed E-state index contributed by atoms with van der Waals surface area (Å²) in [6.07, 6.45) is 2.88. The van der Waals surface area contributed by atoms with Crippen molar-refractivity contribution in [2.75, 3.05) is 5.32 Å². The number of aryl methyl sites for hydroxylation is 1. The third kappa shape index (κ3) is 2.56. The van der Waals surface area contributed by atoms with Crippen LogP contribution in [0.25, 0.3) is 0 Å². The van der Waals surface area contributed by atoms with Gasteiger partial charge in [-0.15, -0.1) is 0 Å². The van der Waals surface area contributed by atoms with Crippen molar-refractivity contribution in [3.05, 3.63) is 64.7 Å². The molecule has 2 aromatic carbocycles. The Balaban J connectivity index is 1.87. The van der Waals surface area contributed by atoms with Crippen molar-refractivity contribution in [3.8, 4) is 0 Å². The average Bonchev–Trinajstić information content (AvgIpc) is 2.42. The van der Waals surface area contributed by atoms with Crippen molar-refractivity contribution < 1.29 is 4.79 Å². The molecule has 1 saturated carbocycles. The lowest BCUT2D eigenvalue weighted by molar-refractivity contribution is -0.124. The Morgan fingerprint density at radius 1 is 1.14 bits per heavy atom. The summed E-state index contributed by atoms with van der Waals surface area (Å²) in [5, 5.41) is 3.60. The molecule has 0 aliphatic heterocycles. The molecule has 1 aliphatic carbocycles. The summed E-state index contributed by atoms with van der Waals surface area (Å²) < 4.78 is 0. The van der Waals surface area contributed by atoms with Crippen LogP contribution >= 0.6 is 11.6 Å². The molecule has 0 unspecified atom stereocenters. The molecule has 3 heteroatoms. The maximum absolute atomic E-state index is 12.8. The molecule has 3 rings (SSSR count). The normalized spacial score (nSPS) is 16.1. The highest BCUT2D eigenvalue weighted by atomic mass is 35.5. The molecule has 0 aromatic heterocycles. The van der Waals surface area contributed by atoms with Gasteiger partial charge in [0.25, 0.3) is 0 Å². The molecule has 108 valence electrons. The van der Waals surface area contributed by atoms with Crippen LogP contribution in [-0.2, 0) is 10.2 Å². The summed E-state index contributed by atoms with van der Waals surface area (Å²) in [6.45, 7) is 1.98. The van der Waals surface area contributed by atoms with Crippen molar-refractivity contribution in [1.29, 1.82) is 0 Å². The van der Waals surface area contributed by atoms with Gasteiger partial charge in [0, 0.05) is 0 Å². The van der Waals surface area contributed by atoms with Gasteiger partial charge >= 0.3 is 0 Å². The number of anilines is 1. The van der Waals surface area contributed by atoms with Gasteiger partial charge in [-0.1, -0.05) is 54.4 Å². The topological polar surface area (TPSA) is 29.1 Å². The maximum atomic E-state index is 12.8. The fraction of sp³-hybridized carbons (Fsp3) is 0.278. The summed E-state index contributed by atoms with van der Waals surface area (Å²) in [6, 6.07) is 15.7. The van der Waals surface area contributed by atoms with E-state index in [0.717, 1.165) is 30.4 Å². The minimum atomic E-state index is -0.393. The number of hydrogen-bond acceptors (Lipinski definition) is 1. The molecule has 0 heterocycles. The van der Waals surface area contributed by atoms with Gasteiger partial charge in [0.15, 0.2) is 0 Å². The monoisotopic (exact) mass is 299 g/mol. The summed E-state index contributed by atoms with van der Waals surface area (Å²) in [5.41, 5.74) is 2.47. The second-order valence-electron chi connectivity index (χ2n) is 5.74. The van der Waals surface area contributed by atoms with E-state index in [0.29, 0.717) is 10.7 Å². The Morgan fingerprint density at radius 3 is 2.43 bits per heavy atom. The number of halogens is 1. The van der Waals surface area contributed by atoms with Crippen molar-refractivity contribution in [2.24, 2.45) is 0 Å². The molecule has 1 N–H and O–H groups in total. The number of hydrogen-bond donors (Lipinski definition) is 1. The molecule has 0 radical (unpaired) electrons. The lowest BCUT2D eigenvalue weighted by Gasteiger charge is -2.40. The number of carbonyl (C=O) groups excluding carboxylic acids is 1. The first-order valence-electron chi connectivity index (χ1n) is 7.25. The van der Waals surface area contributed by atoms with E-state index >= 15 is 0 Å². The summed E-state index contributed by atoms with van der Waals surface area (Å²) in [7, 11) is 0. The third-order valence-corrected chi connectivity index (χ3v) is 4.65. The smallest absolute Gasteiger partial charge is 0.235 e. The summed E-state index contributed by atoms with van der Waals surface area (Å²) in [5.74, 6) is 0.0469. The maximum Gasteiger partial charge on any atom is 0.235 e. The Bertz CT molecular complexity index is 662. The number of rotatable bonds is 3. The molecular weight excluding hydrogens is 282 g/mol. The second kappa shape index (κ2) is 5.53. The van der Waals surface area contributed by atoms with E-state index in [-0.39, 0.29) is 5.91 Å². The minimum absolute atomic E-state index is 0.0469. The van der Waals surface area contributed by atoms with Gasteiger partial charge < -0.3 is 5.32 Å². The Labute approximate surface area is 130 Å². The van der Waals surface area contributed by atoms with E-state index in [1.165, 1.54) is 0 Å². The lowest BCUT2D eigenvalue weighted by Crippen LogP contribution is -2.46. The van der Waals surface area contributed by atoms with E-state index in [1.807, 2.05) is 55.5 Å². The molecule has 0 atom stereocenters. The molecule has 2 nitrogen and oxygen atoms in total. The van der Waals surface area contributed by atoms with Crippen LogP contribution < -0.4 is 5.32 Å². The van der Waals surface area contributed by atoms with E-state index in [9.17, 15) is 4.79 Å². The first-order chi connectivity index (χ1) is 10.1. The molecule has 1 amide bonds. The highest BCUT2D eigenvalue weighted by Gasteiger charge is 2.45. The van der Waals surface area contributed by atoms with Crippen LogP contribution in [0.5, 0.6) is 0 Å². The highest BCUT2D eigenvalue weighted by Crippen LogP contribution is 2.44. The first-order valence-corrected chi connectivity index (χ1v) is 7.63. The van der Waals surface area contributed by atoms with Crippen LogP contribution in [0.3, 0.4) is 0 Å². The van der Waals surface area contributed by atoms with E-state index in [4.69, 9.17) is 11.6 Å². The Morgan fingerprint density at radius 2 is 1.86 bits per heavy atom. The van der Waals surface area contributed by atoms with Gasteiger partial charge in [-0.05, 0) is 43.0 Å². The highest BCUT2D eigenvalue weighted by molar-refractivity contribution is 6.33. The van der Waals surface area contributed by atoms with Gasteiger partial charge in [0.05, 0.1) is 16.1 Å².